The number of halogens is 1. The van der Waals surface area contributed by atoms with Gasteiger partial charge in [-0.05, 0) is 60.0 Å². The monoisotopic (exact) mass is 469 g/mol. The van der Waals surface area contributed by atoms with Gasteiger partial charge in [-0.1, -0.05) is 42.5 Å². The summed E-state index contributed by atoms with van der Waals surface area (Å²) in [4.78, 5) is 12.1. The lowest BCUT2D eigenvalue weighted by molar-refractivity contribution is -0.118. The Balaban J connectivity index is 1.60. The van der Waals surface area contributed by atoms with E-state index in [2.05, 4.69) is 69.1 Å². The maximum atomic E-state index is 12.1. The van der Waals surface area contributed by atoms with Crippen LogP contribution in [0, 0.1) is 20.8 Å². The van der Waals surface area contributed by atoms with Crippen LogP contribution in [0.25, 0.3) is 5.69 Å². The van der Waals surface area contributed by atoms with Crippen molar-refractivity contribution in [1.29, 1.82) is 0 Å². The Kier molecular flexibility index (Phi) is 7.34. The van der Waals surface area contributed by atoms with Crippen molar-refractivity contribution in [3.63, 3.8) is 0 Å². The van der Waals surface area contributed by atoms with Crippen LogP contribution in [0.3, 0.4) is 0 Å². The third-order valence-corrected chi connectivity index (χ3v) is 6.75. The van der Waals surface area contributed by atoms with Gasteiger partial charge in [-0.2, -0.15) is 5.10 Å². The number of benzene rings is 2. The van der Waals surface area contributed by atoms with Gasteiger partial charge in [0, 0.05) is 32.9 Å². The number of aryl methyl sites for hydroxylation is 1. The van der Waals surface area contributed by atoms with E-state index >= 15 is 0 Å². The Morgan fingerprint density at radius 2 is 1.76 bits per heavy atom. The summed E-state index contributed by atoms with van der Waals surface area (Å²) in [5.41, 5.74) is 9.35. The molecule has 0 fully saturated rings. The van der Waals surface area contributed by atoms with E-state index in [1.54, 1.807) is 18.0 Å². The summed E-state index contributed by atoms with van der Waals surface area (Å²) in [5.74, 6) is 1.08. The number of carbonyl (C=O) groups is 1. The smallest absolute Gasteiger partial charge is 0.250 e. The molecule has 0 saturated heterocycles. The summed E-state index contributed by atoms with van der Waals surface area (Å²) in [6, 6.07) is 18.4. The number of thioether (sulfide) groups is 1. The Hall–Kier alpha value is -2.31. The number of nitrogens with one attached hydrogen (secondary N) is 1. The number of aromatic nitrogens is 1. The summed E-state index contributed by atoms with van der Waals surface area (Å²) in [5, 5.41) is 4.17. The van der Waals surface area contributed by atoms with E-state index in [0.29, 0.717) is 5.75 Å². The molecule has 6 heteroatoms. The number of amides is 1. The van der Waals surface area contributed by atoms with Gasteiger partial charge in [-0.25, -0.2) is 5.43 Å². The van der Waals surface area contributed by atoms with Gasteiger partial charge in [0.05, 0.1) is 12.0 Å². The van der Waals surface area contributed by atoms with Gasteiger partial charge in [0.2, 0.25) is 5.91 Å². The normalized spacial score (nSPS) is 11.2. The van der Waals surface area contributed by atoms with E-state index in [-0.39, 0.29) is 5.91 Å². The van der Waals surface area contributed by atoms with E-state index in [1.165, 1.54) is 11.1 Å². The van der Waals surface area contributed by atoms with E-state index in [1.807, 2.05) is 37.3 Å². The van der Waals surface area contributed by atoms with Crippen molar-refractivity contribution in [3.05, 3.63) is 87.1 Å². The molecular weight excluding hydrogens is 446 g/mol. The number of hydrogen-bond acceptors (Lipinski definition) is 3. The minimum Gasteiger partial charge on any atom is -0.317 e. The van der Waals surface area contributed by atoms with Gasteiger partial charge in [0.1, 0.15) is 0 Å². The topological polar surface area (TPSA) is 46.4 Å². The molecule has 0 radical (unpaired) electrons. The van der Waals surface area contributed by atoms with Crippen molar-refractivity contribution in [3.8, 4) is 5.69 Å². The van der Waals surface area contributed by atoms with Crippen LogP contribution in [0.1, 0.15) is 28.1 Å². The van der Waals surface area contributed by atoms with Crippen molar-refractivity contribution in [2.24, 2.45) is 5.10 Å². The zero-order valence-electron chi connectivity index (χ0n) is 16.8. The second-order valence-corrected chi connectivity index (χ2v) is 8.56. The Bertz CT molecular complexity index is 1030. The van der Waals surface area contributed by atoms with E-state index in [4.69, 9.17) is 0 Å². The van der Waals surface area contributed by atoms with Gasteiger partial charge in [0.25, 0.3) is 0 Å². The maximum absolute atomic E-state index is 12.1. The number of hydrazone groups is 1. The van der Waals surface area contributed by atoms with Crippen LogP contribution in [0.2, 0.25) is 0 Å². The first kappa shape index (κ1) is 21.4. The van der Waals surface area contributed by atoms with Crippen molar-refractivity contribution in [2.75, 3.05) is 5.75 Å². The number of hydrogen-bond donors (Lipinski definition) is 1. The van der Waals surface area contributed by atoms with Crippen molar-refractivity contribution >= 4 is 39.8 Å². The average molecular weight is 470 g/mol. The summed E-state index contributed by atoms with van der Waals surface area (Å²) in [6.45, 7) is 6.19. The maximum Gasteiger partial charge on any atom is 0.250 e. The lowest BCUT2D eigenvalue weighted by Gasteiger charge is -2.08. The van der Waals surface area contributed by atoms with Gasteiger partial charge in [-0.15, -0.1) is 11.8 Å². The SMILES string of the molecule is Cc1ccccc1CSCC(=O)N/N=C\c1c(Br)c(C)n(-c2ccccc2)c1C. The number of carbonyl (C=O) groups excluding carboxylic acids is 1. The zero-order chi connectivity index (χ0) is 20.8. The highest BCUT2D eigenvalue weighted by atomic mass is 79.9. The minimum absolute atomic E-state index is 0.104. The average Bonchev–Trinajstić information content (AvgIpc) is 2.93. The van der Waals surface area contributed by atoms with Crippen LogP contribution < -0.4 is 5.43 Å². The molecular formula is C23H24BrN3OS. The molecule has 0 saturated carbocycles. The second-order valence-electron chi connectivity index (χ2n) is 6.78. The fourth-order valence-corrected chi connectivity index (χ4v) is 4.63. The molecule has 2 aromatic carbocycles. The summed E-state index contributed by atoms with van der Waals surface area (Å²) in [6.07, 6.45) is 1.70. The third-order valence-electron chi connectivity index (χ3n) is 4.76. The van der Waals surface area contributed by atoms with Crippen LogP contribution in [0.5, 0.6) is 0 Å². The lowest BCUT2D eigenvalue weighted by Crippen LogP contribution is -2.19. The van der Waals surface area contributed by atoms with Crippen LogP contribution in [0.15, 0.2) is 64.2 Å². The largest absolute Gasteiger partial charge is 0.317 e. The first-order valence-electron chi connectivity index (χ1n) is 9.36. The van der Waals surface area contributed by atoms with Crippen molar-refractivity contribution in [2.45, 2.75) is 26.5 Å². The Labute approximate surface area is 184 Å². The van der Waals surface area contributed by atoms with Crippen LogP contribution in [-0.4, -0.2) is 22.4 Å². The summed E-state index contributed by atoms with van der Waals surface area (Å²) < 4.78 is 3.15. The summed E-state index contributed by atoms with van der Waals surface area (Å²) in [7, 11) is 0. The fraction of sp³-hybridized carbons (Fsp3) is 0.217. The minimum atomic E-state index is -0.104. The van der Waals surface area contributed by atoms with E-state index in [0.717, 1.165) is 32.9 Å². The number of rotatable bonds is 7. The zero-order valence-corrected chi connectivity index (χ0v) is 19.2. The number of nitrogens with zero attached hydrogens (tertiary/aromatic N) is 2. The van der Waals surface area contributed by atoms with Crippen LogP contribution in [0.4, 0.5) is 0 Å². The van der Waals surface area contributed by atoms with Gasteiger partial charge in [0.15, 0.2) is 0 Å². The first-order chi connectivity index (χ1) is 14.0. The highest BCUT2D eigenvalue weighted by molar-refractivity contribution is 9.10. The third kappa shape index (κ3) is 5.19. The molecule has 1 amide bonds. The molecule has 1 heterocycles. The van der Waals surface area contributed by atoms with Gasteiger partial charge >= 0.3 is 0 Å². The second kappa shape index (κ2) is 9.94. The molecule has 3 aromatic rings. The first-order valence-corrected chi connectivity index (χ1v) is 11.3. The predicted molar refractivity (Wildman–Crippen MR) is 126 cm³/mol. The lowest BCUT2D eigenvalue weighted by atomic mass is 10.1. The fourth-order valence-electron chi connectivity index (χ4n) is 3.17. The highest BCUT2D eigenvalue weighted by Crippen LogP contribution is 2.29. The molecule has 150 valence electrons. The molecule has 1 N–H and O–H groups in total. The van der Waals surface area contributed by atoms with E-state index in [9.17, 15) is 4.79 Å². The summed E-state index contributed by atoms with van der Waals surface area (Å²) >= 11 is 5.25. The number of para-hydroxylation sites is 1. The van der Waals surface area contributed by atoms with Crippen molar-refractivity contribution < 1.29 is 4.79 Å². The van der Waals surface area contributed by atoms with E-state index < -0.39 is 0 Å². The quantitative estimate of drug-likeness (QED) is 0.364. The van der Waals surface area contributed by atoms with Gasteiger partial charge in [-0.3, -0.25) is 4.79 Å². The molecule has 3 rings (SSSR count). The molecule has 0 atom stereocenters. The Morgan fingerprint density at radius 3 is 2.48 bits per heavy atom. The molecule has 0 unspecified atom stereocenters. The van der Waals surface area contributed by atoms with Gasteiger partial charge < -0.3 is 4.57 Å². The molecule has 4 nitrogen and oxygen atoms in total. The van der Waals surface area contributed by atoms with Crippen LogP contribution in [-0.2, 0) is 10.5 Å². The molecule has 0 aliphatic heterocycles. The molecule has 29 heavy (non-hydrogen) atoms. The molecule has 0 bridgehead atoms. The predicted octanol–water partition coefficient (Wildman–Crippen LogP) is 5.55. The Morgan fingerprint density at radius 1 is 1.07 bits per heavy atom. The standard InChI is InChI=1S/C23H24BrN3OS/c1-16-9-7-8-10-19(16)14-29-15-22(28)26-25-13-21-17(2)27(18(3)23(21)24)20-11-5-4-6-12-20/h4-13H,14-15H2,1-3H3,(H,26,28)/b25-13-. The molecule has 1 aromatic heterocycles. The van der Waals surface area contributed by atoms with Crippen LogP contribution >= 0.6 is 27.7 Å². The molecule has 0 spiro atoms. The molecule has 0 aliphatic rings. The van der Waals surface area contributed by atoms with Crippen molar-refractivity contribution in [1.82, 2.24) is 9.99 Å². The molecule has 0 aliphatic carbocycles. The highest BCUT2D eigenvalue weighted by Gasteiger charge is 2.15.